The van der Waals surface area contributed by atoms with Gasteiger partial charge < -0.3 is 5.11 Å². The first-order chi connectivity index (χ1) is 9.50. The predicted octanol–water partition coefficient (Wildman–Crippen LogP) is 4.47. The highest BCUT2D eigenvalue weighted by molar-refractivity contribution is 7.09. The maximum Gasteiger partial charge on any atom is 0.391 e. The van der Waals surface area contributed by atoms with Crippen LogP contribution in [0.25, 0.3) is 0 Å². The second-order valence-electron chi connectivity index (χ2n) is 7.09. The Balaban J connectivity index is 1.99. The van der Waals surface area contributed by atoms with E-state index in [0.29, 0.717) is 6.42 Å². The lowest BCUT2D eigenvalue weighted by molar-refractivity contribution is -0.192. The Morgan fingerprint density at radius 3 is 2.29 bits per heavy atom. The van der Waals surface area contributed by atoms with Crippen LogP contribution in [0.4, 0.5) is 13.2 Å². The van der Waals surface area contributed by atoms with Crippen LogP contribution in [0, 0.1) is 5.92 Å². The number of hydrogen-bond donors (Lipinski definition) is 1. The minimum absolute atomic E-state index is 0.0114. The molecule has 1 aromatic rings. The van der Waals surface area contributed by atoms with Crippen LogP contribution in [0.5, 0.6) is 0 Å². The average Bonchev–Trinajstić information content (AvgIpc) is 2.75. The third kappa shape index (κ3) is 4.19. The van der Waals surface area contributed by atoms with E-state index in [1.165, 1.54) is 11.3 Å². The highest BCUT2D eigenvalue weighted by Gasteiger charge is 2.45. The summed E-state index contributed by atoms with van der Waals surface area (Å²) in [4.78, 5) is 4.52. The molecule has 1 fully saturated rings. The van der Waals surface area contributed by atoms with Crippen molar-refractivity contribution < 1.29 is 18.3 Å². The third-order valence-corrected chi connectivity index (χ3v) is 5.03. The van der Waals surface area contributed by atoms with Gasteiger partial charge in [0.25, 0.3) is 0 Å². The van der Waals surface area contributed by atoms with E-state index in [9.17, 15) is 18.3 Å². The van der Waals surface area contributed by atoms with Crippen molar-refractivity contribution in [2.75, 3.05) is 0 Å². The van der Waals surface area contributed by atoms with Crippen molar-refractivity contribution >= 4 is 11.3 Å². The molecule has 0 bridgehead atoms. The zero-order chi connectivity index (χ0) is 15.9. The number of alkyl halides is 3. The fourth-order valence-electron chi connectivity index (χ4n) is 2.68. The molecule has 0 atom stereocenters. The van der Waals surface area contributed by atoms with Gasteiger partial charge in [-0.3, -0.25) is 0 Å². The molecule has 0 spiro atoms. The van der Waals surface area contributed by atoms with Crippen molar-refractivity contribution in [1.82, 2.24) is 4.98 Å². The van der Waals surface area contributed by atoms with E-state index in [-0.39, 0.29) is 31.1 Å². The molecule has 0 aromatic carbocycles. The molecule has 1 aliphatic rings. The quantitative estimate of drug-likeness (QED) is 0.872. The van der Waals surface area contributed by atoms with Crippen LogP contribution in [0.1, 0.15) is 57.2 Å². The zero-order valence-electron chi connectivity index (χ0n) is 12.6. The maximum atomic E-state index is 12.7. The van der Waals surface area contributed by atoms with E-state index < -0.39 is 17.7 Å². The lowest BCUT2D eigenvalue weighted by Crippen LogP contribution is -2.39. The molecule has 1 heterocycles. The predicted molar refractivity (Wildman–Crippen MR) is 77.5 cm³/mol. The summed E-state index contributed by atoms with van der Waals surface area (Å²) in [5.41, 5.74) is -0.116. The molecule has 1 saturated carbocycles. The van der Waals surface area contributed by atoms with Gasteiger partial charge in [-0.25, -0.2) is 4.98 Å². The molecule has 1 N–H and O–H groups in total. The van der Waals surface area contributed by atoms with Gasteiger partial charge in [0, 0.05) is 17.2 Å². The summed E-state index contributed by atoms with van der Waals surface area (Å²) < 4.78 is 38.0. The lowest BCUT2D eigenvalue weighted by atomic mass is 9.77. The minimum Gasteiger partial charge on any atom is -0.389 e. The summed E-state index contributed by atoms with van der Waals surface area (Å²) in [7, 11) is 0. The Kier molecular flexibility index (Phi) is 4.42. The number of thiazole rings is 1. The number of aromatic nitrogens is 1. The van der Waals surface area contributed by atoms with Gasteiger partial charge in [0.05, 0.1) is 22.2 Å². The van der Waals surface area contributed by atoms with Crippen molar-refractivity contribution in [3.8, 4) is 0 Å². The number of hydrogen-bond acceptors (Lipinski definition) is 3. The van der Waals surface area contributed by atoms with Crippen LogP contribution in [0.2, 0.25) is 0 Å². The summed E-state index contributed by atoms with van der Waals surface area (Å²) in [6.07, 6.45) is -3.36. The number of halogens is 3. The van der Waals surface area contributed by atoms with Gasteiger partial charge in [-0.05, 0) is 25.7 Å². The first kappa shape index (κ1) is 16.7. The Morgan fingerprint density at radius 1 is 1.29 bits per heavy atom. The van der Waals surface area contributed by atoms with Crippen LogP contribution < -0.4 is 0 Å². The van der Waals surface area contributed by atoms with Gasteiger partial charge in [0.2, 0.25) is 0 Å². The molecule has 21 heavy (non-hydrogen) atoms. The van der Waals surface area contributed by atoms with Crippen LogP contribution in [0.15, 0.2) is 5.38 Å². The molecule has 0 unspecified atom stereocenters. The van der Waals surface area contributed by atoms with Crippen molar-refractivity contribution in [2.45, 2.75) is 70.1 Å². The average molecular weight is 321 g/mol. The molecule has 1 aliphatic carbocycles. The molecule has 1 aromatic heterocycles. The molecule has 0 saturated heterocycles. The van der Waals surface area contributed by atoms with Gasteiger partial charge in [-0.2, -0.15) is 13.2 Å². The molecular formula is C15H22F3NOS. The van der Waals surface area contributed by atoms with E-state index >= 15 is 0 Å². The van der Waals surface area contributed by atoms with Gasteiger partial charge in [0.15, 0.2) is 0 Å². The van der Waals surface area contributed by atoms with Crippen LogP contribution >= 0.6 is 11.3 Å². The number of aliphatic hydroxyl groups is 1. The van der Waals surface area contributed by atoms with Crippen molar-refractivity contribution in [3.63, 3.8) is 0 Å². The highest BCUT2D eigenvalue weighted by atomic mass is 32.1. The summed E-state index contributed by atoms with van der Waals surface area (Å²) in [5.74, 6) is -1.26. The van der Waals surface area contributed by atoms with Crippen molar-refractivity contribution in [3.05, 3.63) is 16.1 Å². The molecule has 2 nitrogen and oxygen atoms in total. The largest absolute Gasteiger partial charge is 0.391 e. The van der Waals surface area contributed by atoms with Gasteiger partial charge in [0.1, 0.15) is 0 Å². The normalized spacial score (nSPS) is 27.9. The second kappa shape index (κ2) is 5.54. The maximum absolute atomic E-state index is 12.7. The van der Waals surface area contributed by atoms with E-state index in [2.05, 4.69) is 25.8 Å². The highest BCUT2D eigenvalue weighted by Crippen LogP contribution is 2.42. The fourth-order valence-corrected chi connectivity index (χ4v) is 3.83. The fraction of sp³-hybridized carbons (Fsp3) is 0.800. The van der Waals surface area contributed by atoms with E-state index in [4.69, 9.17) is 0 Å². The van der Waals surface area contributed by atoms with E-state index in [0.717, 1.165) is 10.7 Å². The minimum atomic E-state index is -4.14. The number of rotatable bonds is 2. The van der Waals surface area contributed by atoms with Gasteiger partial charge >= 0.3 is 6.18 Å². The number of nitrogens with zero attached hydrogens (tertiary/aromatic N) is 1. The van der Waals surface area contributed by atoms with Crippen LogP contribution in [-0.2, 0) is 11.8 Å². The Bertz CT molecular complexity index is 482. The molecule has 0 amide bonds. The van der Waals surface area contributed by atoms with Crippen molar-refractivity contribution in [1.29, 1.82) is 0 Å². The molecule has 0 aliphatic heterocycles. The third-order valence-electron chi connectivity index (χ3n) is 4.18. The van der Waals surface area contributed by atoms with E-state index in [1.807, 2.05) is 5.38 Å². The molecular weight excluding hydrogens is 299 g/mol. The first-order valence-electron chi connectivity index (χ1n) is 7.24. The summed E-state index contributed by atoms with van der Waals surface area (Å²) in [6, 6.07) is 0. The van der Waals surface area contributed by atoms with E-state index in [1.54, 1.807) is 0 Å². The van der Waals surface area contributed by atoms with Crippen molar-refractivity contribution in [2.24, 2.45) is 5.92 Å². The Hall–Kier alpha value is -0.620. The molecule has 120 valence electrons. The van der Waals surface area contributed by atoms with Gasteiger partial charge in [-0.1, -0.05) is 20.8 Å². The summed E-state index contributed by atoms with van der Waals surface area (Å²) >= 11 is 1.48. The Morgan fingerprint density at radius 2 is 1.86 bits per heavy atom. The topological polar surface area (TPSA) is 33.1 Å². The van der Waals surface area contributed by atoms with Crippen LogP contribution in [-0.4, -0.2) is 21.9 Å². The molecule has 0 radical (unpaired) electrons. The smallest absolute Gasteiger partial charge is 0.389 e. The lowest BCUT2D eigenvalue weighted by Gasteiger charge is -2.36. The SMILES string of the molecule is CC(C)(C)c1csc(CC2(O)CCC(C(F)(F)F)CC2)n1. The zero-order valence-corrected chi connectivity index (χ0v) is 13.4. The van der Waals surface area contributed by atoms with Crippen LogP contribution in [0.3, 0.4) is 0 Å². The standard InChI is InChI=1S/C15H22F3NOS/c1-13(2,3)11-9-21-12(19-11)8-14(20)6-4-10(5-7-14)15(16,17)18/h9-10,20H,4-8H2,1-3H3. The molecule has 6 heteroatoms. The second-order valence-corrected chi connectivity index (χ2v) is 8.04. The summed E-state index contributed by atoms with van der Waals surface area (Å²) in [6.45, 7) is 6.19. The monoisotopic (exact) mass is 321 g/mol. The first-order valence-corrected chi connectivity index (χ1v) is 8.12. The Labute approximate surface area is 127 Å². The summed E-state index contributed by atoms with van der Waals surface area (Å²) in [5, 5.41) is 13.3. The van der Waals surface area contributed by atoms with Gasteiger partial charge in [-0.15, -0.1) is 11.3 Å². The molecule has 2 rings (SSSR count).